The van der Waals surface area contributed by atoms with Gasteiger partial charge in [-0.1, -0.05) is 48.5 Å². The fourth-order valence-corrected chi connectivity index (χ4v) is 5.06. The number of benzene rings is 3. The molecule has 198 valence electrons. The number of nitrogens with zero attached hydrogens (tertiary/aromatic N) is 3. The molecule has 0 saturated carbocycles. The van der Waals surface area contributed by atoms with Crippen LogP contribution in [0.4, 0.5) is 13.6 Å². The Bertz CT molecular complexity index is 1420. The van der Waals surface area contributed by atoms with E-state index in [1.54, 1.807) is 9.47 Å². The summed E-state index contributed by atoms with van der Waals surface area (Å²) in [5.41, 5.74) is 2.50. The molecule has 4 aromatic rings. The molecule has 0 aliphatic carbocycles. The standard InChI is InChI=1S/C29H30F2N4O3/c30-24-9-6-10-25(31)23(24)20-33(19-21-7-2-1-3-8-21)17-18-38-29(37)34-15-13-22(14-16-34)35-27-12-5-4-11-26(27)32-28(35)36/h1-12,22H,13-20H2,(H,32,36). The van der Waals surface area contributed by atoms with E-state index in [9.17, 15) is 18.4 Å². The Kier molecular flexibility index (Phi) is 7.83. The highest BCUT2D eigenvalue weighted by molar-refractivity contribution is 5.75. The first-order valence-electron chi connectivity index (χ1n) is 12.8. The maximum absolute atomic E-state index is 14.3. The van der Waals surface area contributed by atoms with E-state index in [2.05, 4.69) is 4.98 Å². The van der Waals surface area contributed by atoms with Gasteiger partial charge in [0.25, 0.3) is 0 Å². The number of amides is 1. The van der Waals surface area contributed by atoms with Crippen molar-refractivity contribution in [3.63, 3.8) is 0 Å². The fourth-order valence-electron chi connectivity index (χ4n) is 5.06. The van der Waals surface area contributed by atoms with Gasteiger partial charge in [0.1, 0.15) is 18.2 Å². The summed E-state index contributed by atoms with van der Waals surface area (Å²) in [5.74, 6) is -1.20. The van der Waals surface area contributed by atoms with E-state index in [4.69, 9.17) is 4.74 Å². The van der Waals surface area contributed by atoms with E-state index in [0.29, 0.717) is 39.0 Å². The number of para-hydroxylation sites is 2. The highest BCUT2D eigenvalue weighted by Gasteiger charge is 2.27. The zero-order valence-corrected chi connectivity index (χ0v) is 21.0. The molecule has 3 aromatic carbocycles. The molecular weight excluding hydrogens is 490 g/mol. The van der Waals surface area contributed by atoms with E-state index in [1.807, 2.05) is 59.5 Å². The first-order valence-corrected chi connectivity index (χ1v) is 12.8. The van der Waals surface area contributed by atoms with Gasteiger partial charge in [0.15, 0.2) is 0 Å². The highest BCUT2D eigenvalue weighted by atomic mass is 19.1. The quantitative estimate of drug-likeness (QED) is 0.352. The lowest BCUT2D eigenvalue weighted by Gasteiger charge is -2.32. The van der Waals surface area contributed by atoms with Crippen LogP contribution in [0.15, 0.2) is 77.6 Å². The molecule has 1 N–H and O–H groups in total. The Morgan fingerprint density at radius 3 is 2.34 bits per heavy atom. The number of carbonyl (C=O) groups is 1. The van der Waals surface area contributed by atoms with Crippen LogP contribution in [0.25, 0.3) is 11.0 Å². The molecular formula is C29H30F2N4O3. The summed E-state index contributed by atoms with van der Waals surface area (Å²) in [6.45, 7) is 1.86. The molecule has 0 bridgehead atoms. The molecule has 7 nitrogen and oxygen atoms in total. The van der Waals surface area contributed by atoms with Crippen LogP contribution in [0.3, 0.4) is 0 Å². The number of aromatic nitrogens is 2. The van der Waals surface area contributed by atoms with Gasteiger partial charge in [-0.25, -0.2) is 18.4 Å². The Morgan fingerprint density at radius 1 is 0.921 bits per heavy atom. The summed E-state index contributed by atoms with van der Waals surface area (Å²) >= 11 is 0. The van der Waals surface area contributed by atoms with Gasteiger partial charge >= 0.3 is 11.8 Å². The van der Waals surface area contributed by atoms with Crippen LogP contribution in [0.1, 0.15) is 30.0 Å². The molecule has 0 spiro atoms. The van der Waals surface area contributed by atoms with Gasteiger partial charge in [-0.2, -0.15) is 0 Å². The normalized spacial score (nSPS) is 14.3. The summed E-state index contributed by atoms with van der Waals surface area (Å²) in [5, 5.41) is 0. The number of rotatable bonds is 8. The first kappa shape index (κ1) is 25.7. The maximum Gasteiger partial charge on any atom is 0.409 e. The number of fused-ring (bicyclic) bond motifs is 1. The molecule has 1 saturated heterocycles. The number of hydrogen-bond acceptors (Lipinski definition) is 4. The van der Waals surface area contributed by atoms with Crippen LogP contribution < -0.4 is 5.69 Å². The summed E-state index contributed by atoms with van der Waals surface area (Å²) in [6, 6.07) is 21.0. The lowest BCUT2D eigenvalue weighted by Crippen LogP contribution is -2.41. The number of imidazole rings is 1. The number of piperidine rings is 1. The molecule has 1 aliphatic rings. The molecule has 2 heterocycles. The minimum atomic E-state index is -0.600. The van der Waals surface area contributed by atoms with Crippen molar-refractivity contribution in [2.24, 2.45) is 0 Å². The van der Waals surface area contributed by atoms with E-state index in [1.165, 1.54) is 18.2 Å². The van der Waals surface area contributed by atoms with Crippen molar-refractivity contribution >= 4 is 17.1 Å². The molecule has 38 heavy (non-hydrogen) atoms. The molecule has 1 fully saturated rings. The largest absolute Gasteiger partial charge is 0.448 e. The number of ether oxygens (including phenoxy) is 1. The van der Waals surface area contributed by atoms with Crippen molar-refractivity contribution in [1.82, 2.24) is 19.4 Å². The monoisotopic (exact) mass is 520 g/mol. The number of halogens is 2. The zero-order valence-electron chi connectivity index (χ0n) is 21.0. The second kappa shape index (κ2) is 11.6. The summed E-state index contributed by atoms with van der Waals surface area (Å²) in [7, 11) is 0. The Morgan fingerprint density at radius 2 is 1.61 bits per heavy atom. The van der Waals surface area contributed by atoms with Crippen LogP contribution in [0, 0.1) is 11.6 Å². The van der Waals surface area contributed by atoms with Gasteiger partial charge in [-0.05, 0) is 42.7 Å². The summed E-state index contributed by atoms with van der Waals surface area (Å²) in [6.07, 6.45) is 0.860. The smallest absolute Gasteiger partial charge is 0.409 e. The molecule has 1 amide bonds. The Hall–Kier alpha value is -3.98. The molecule has 9 heteroatoms. The Balaban J connectivity index is 1.17. The number of likely N-dealkylation sites (tertiary alicyclic amines) is 1. The third-order valence-corrected chi connectivity index (χ3v) is 7.04. The minimum Gasteiger partial charge on any atom is -0.448 e. The van der Waals surface area contributed by atoms with Gasteiger partial charge in [0, 0.05) is 44.3 Å². The minimum absolute atomic E-state index is 0.000251. The second-order valence-electron chi connectivity index (χ2n) is 9.55. The first-order chi connectivity index (χ1) is 18.5. The fraction of sp³-hybridized carbons (Fsp3) is 0.310. The van der Waals surface area contributed by atoms with E-state index in [-0.39, 0.29) is 30.4 Å². The topological polar surface area (TPSA) is 70.6 Å². The SMILES string of the molecule is O=C(OCCN(Cc1ccccc1)Cc1c(F)cccc1F)N1CCC(n2c(=O)[nH]c3ccccc32)CC1. The van der Waals surface area contributed by atoms with Crippen LogP contribution in [0.2, 0.25) is 0 Å². The molecule has 0 atom stereocenters. The van der Waals surface area contributed by atoms with Crippen molar-refractivity contribution in [2.75, 3.05) is 26.2 Å². The molecule has 1 aliphatic heterocycles. The molecule has 1 aromatic heterocycles. The average Bonchev–Trinajstić information content (AvgIpc) is 3.27. The number of carbonyl (C=O) groups excluding carboxylic acids is 1. The average molecular weight is 521 g/mol. The van der Waals surface area contributed by atoms with Gasteiger partial charge in [-0.3, -0.25) is 9.47 Å². The third-order valence-electron chi connectivity index (χ3n) is 7.04. The molecule has 0 radical (unpaired) electrons. The van der Waals surface area contributed by atoms with Gasteiger partial charge in [0.2, 0.25) is 0 Å². The predicted octanol–water partition coefficient (Wildman–Crippen LogP) is 5.08. The van der Waals surface area contributed by atoms with Crippen molar-refractivity contribution < 1.29 is 18.3 Å². The van der Waals surface area contributed by atoms with E-state index in [0.717, 1.165) is 16.6 Å². The summed E-state index contributed by atoms with van der Waals surface area (Å²) < 4.78 is 35.9. The molecule has 5 rings (SSSR count). The zero-order chi connectivity index (χ0) is 26.5. The molecule has 0 unspecified atom stereocenters. The summed E-state index contributed by atoms with van der Waals surface area (Å²) in [4.78, 5) is 31.7. The maximum atomic E-state index is 14.3. The van der Waals surface area contributed by atoms with Crippen molar-refractivity contribution in [1.29, 1.82) is 0 Å². The van der Waals surface area contributed by atoms with Crippen LogP contribution in [-0.4, -0.2) is 51.7 Å². The van der Waals surface area contributed by atoms with Crippen molar-refractivity contribution in [2.45, 2.75) is 32.0 Å². The second-order valence-corrected chi connectivity index (χ2v) is 9.55. The number of hydrogen-bond donors (Lipinski definition) is 1. The number of nitrogens with one attached hydrogen (secondary N) is 1. The van der Waals surface area contributed by atoms with Gasteiger partial charge < -0.3 is 14.6 Å². The van der Waals surface area contributed by atoms with Gasteiger partial charge in [0.05, 0.1) is 11.0 Å². The Labute approximate surface area is 219 Å². The lowest BCUT2D eigenvalue weighted by molar-refractivity contribution is 0.0766. The third kappa shape index (κ3) is 5.78. The van der Waals surface area contributed by atoms with Crippen LogP contribution in [0.5, 0.6) is 0 Å². The van der Waals surface area contributed by atoms with E-state index >= 15 is 0 Å². The van der Waals surface area contributed by atoms with Crippen LogP contribution in [-0.2, 0) is 17.8 Å². The number of H-pyrrole nitrogens is 1. The lowest BCUT2D eigenvalue weighted by atomic mass is 10.0. The van der Waals surface area contributed by atoms with Crippen molar-refractivity contribution in [3.8, 4) is 0 Å². The number of aromatic amines is 1. The van der Waals surface area contributed by atoms with Crippen molar-refractivity contribution in [3.05, 3.63) is 106 Å². The highest BCUT2D eigenvalue weighted by Crippen LogP contribution is 2.25. The predicted molar refractivity (Wildman–Crippen MR) is 141 cm³/mol. The van der Waals surface area contributed by atoms with Crippen LogP contribution >= 0.6 is 0 Å². The van der Waals surface area contributed by atoms with Gasteiger partial charge in [-0.15, -0.1) is 0 Å². The van der Waals surface area contributed by atoms with E-state index < -0.39 is 17.7 Å².